The standard InChI is InChI=1S/C20H23N5OS2/c1-25(2)17-10-8-16(9-11-17)12-21-18(26)14-27-20-24-23-19(28-20)22-13-15-6-4-3-5-7-15/h3-11H,12-14H2,1-2H3,(H,21,26)(H,22,23). The second kappa shape index (κ2) is 10.1. The Morgan fingerprint density at radius 3 is 2.43 bits per heavy atom. The van der Waals surface area contributed by atoms with Gasteiger partial charge >= 0.3 is 0 Å². The first-order valence-electron chi connectivity index (χ1n) is 8.87. The molecule has 0 aliphatic rings. The summed E-state index contributed by atoms with van der Waals surface area (Å²) in [5.74, 6) is 0.305. The third-order valence-electron chi connectivity index (χ3n) is 3.96. The molecule has 0 saturated carbocycles. The van der Waals surface area contributed by atoms with E-state index in [4.69, 9.17) is 0 Å². The van der Waals surface area contributed by atoms with Crippen molar-refractivity contribution in [2.75, 3.05) is 30.1 Å². The quantitative estimate of drug-likeness (QED) is 0.522. The number of nitrogens with zero attached hydrogens (tertiary/aromatic N) is 3. The van der Waals surface area contributed by atoms with Crippen LogP contribution in [0, 0.1) is 0 Å². The Kier molecular flexibility index (Phi) is 7.27. The molecule has 0 aliphatic carbocycles. The number of aromatic nitrogens is 2. The minimum absolute atomic E-state index is 0.0179. The van der Waals surface area contributed by atoms with Gasteiger partial charge in [0.2, 0.25) is 11.0 Å². The van der Waals surface area contributed by atoms with Gasteiger partial charge in [0, 0.05) is 32.9 Å². The molecule has 8 heteroatoms. The second-order valence-corrected chi connectivity index (χ2v) is 8.54. The van der Waals surface area contributed by atoms with Crippen LogP contribution in [0.15, 0.2) is 58.9 Å². The van der Waals surface area contributed by atoms with Gasteiger partial charge in [0.25, 0.3) is 0 Å². The number of nitrogens with one attached hydrogen (secondary N) is 2. The molecule has 146 valence electrons. The van der Waals surface area contributed by atoms with Crippen LogP contribution in [0.5, 0.6) is 0 Å². The fourth-order valence-corrected chi connectivity index (χ4v) is 3.98. The van der Waals surface area contributed by atoms with E-state index in [1.54, 1.807) is 0 Å². The van der Waals surface area contributed by atoms with E-state index < -0.39 is 0 Å². The van der Waals surface area contributed by atoms with Crippen molar-refractivity contribution in [3.8, 4) is 0 Å². The summed E-state index contributed by atoms with van der Waals surface area (Å²) in [5, 5.41) is 15.2. The van der Waals surface area contributed by atoms with Gasteiger partial charge in [-0.2, -0.15) is 0 Å². The Balaban J connectivity index is 1.39. The third kappa shape index (κ3) is 6.24. The van der Waals surface area contributed by atoms with E-state index >= 15 is 0 Å². The number of benzene rings is 2. The Morgan fingerprint density at radius 1 is 1.00 bits per heavy atom. The molecular formula is C20H23N5OS2. The second-order valence-electron chi connectivity index (χ2n) is 6.34. The van der Waals surface area contributed by atoms with E-state index in [1.165, 1.54) is 28.7 Å². The van der Waals surface area contributed by atoms with E-state index in [1.807, 2.05) is 61.5 Å². The number of hydrogen-bond donors (Lipinski definition) is 2. The summed E-state index contributed by atoms with van der Waals surface area (Å²) in [6.45, 7) is 1.22. The number of hydrogen-bond acceptors (Lipinski definition) is 7. The predicted molar refractivity (Wildman–Crippen MR) is 117 cm³/mol. The van der Waals surface area contributed by atoms with Gasteiger partial charge in [0.05, 0.1) is 5.75 Å². The van der Waals surface area contributed by atoms with Crippen molar-refractivity contribution in [1.82, 2.24) is 15.5 Å². The topological polar surface area (TPSA) is 70.2 Å². The van der Waals surface area contributed by atoms with Crippen molar-refractivity contribution in [3.63, 3.8) is 0 Å². The van der Waals surface area contributed by atoms with Crippen LogP contribution in [0.2, 0.25) is 0 Å². The van der Waals surface area contributed by atoms with E-state index in [9.17, 15) is 4.79 Å². The molecule has 0 aliphatic heterocycles. The van der Waals surface area contributed by atoms with Crippen molar-refractivity contribution in [3.05, 3.63) is 65.7 Å². The number of carbonyl (C=O) groups is 1. The third-order valence-corrected chi connectivity index (χ3v) is 5.98. The first-order chi connectivity index (χ1) is 13.6. The average Bonchev–Trinajstić information content (AvgIpc) is 3.18. The van der Waals surface area contributed by atoms with Crippen LogP contribution in [-0.4, -0.2) is 36.0 Å². The molecule has 1 heterocycles. The molecule has 0 spiro atoms. The maximum Gasteiger partial charge on any atom is 0.230 e. The van der Waals surface area contributed by atoms with Gasteiger partial charge in [-0.1, -0.05) is 65.6 Å². The Morgan fingerprint density at radius 2 is 1.71 bits per heavy atom. The largest absolute Gasteiger partial charge is 0.378 e. The molecule has 0 atom stereocenters. The molecule has 2 N–H and O–H groups in total. The highest BCUT2D eigenvalue weighted by Crippen LogP contribution is 2.25. The number of anilines is 2. The van der Waals surface area contributed by atoms with Gasteiger partial charge in [-0.25, -0.2) is 0 Å². The van der Waals surface area contributed by atoms with Gasteiger partial charge in [0.15, 0.2) is 4.34 Å². The van der Waals surface area contributed by atoms with E-state index in [0.29, 0.717) is 18.8 Å². The Hall–Kier alpha value is -2.58. The van der Waals surface area contributed by atoms with Gasteiger partial charge in [-0.15, -0.1) is 10.2 Å². The van der Waals surface area contributed by atoms with Crippen LogP contribution in [0.4, 0.5) is 10.8 Å². The summed E-state index contributed by atoms with van der Waals surface area (Å²) in [6.07, 6.45) is 0. The highest BCUT2D eigenvalue weighted by atomic mass is 32.2. The van der Waals surface area contributed by atoms with Crippen molar-refractivity contribution >= 4 is 39.8 Å². The van der Waals surface area contributed by atoms with Crippen molar-refractivity contribution < 1.29 is 4.79 Å². The SMILES string of the molecule is CN(C)c1ccc(CNC(=O)CSc2nnc(NCc3ccccc3)s2)cc1. The van der Waals surface area contributed by atoms with E-state index in [0.717, 1.165) is 20.7 Å². The summed E-state index contributed by atoms with van der Waals surface area (Å²) in [4.78, 5) is 14.1. The zero-order chi connectivity index (χ0) is 19.8. The zero-order valence-electron chi connectivity index (χ0n) is 15.9. The highest BCUT2D eigenvalue weighted by Gasteiger charge is 2.08. The van der Waals surface area contributed by atoms with Gasteiger partial charge in [0.1, 0.15) is 0 Å². The van der Waals surface area contributed by atoms with Crippen molar-refractivity contribution in [2.45, 2.75) is 17.4 Å². The van der Waals surface area contributed by atoms with Gasteiger partial charge in [-0.3, -0.25) is 4.79 Å². The average molecular weight is 414 g/mol. The Bertz CT molecular complexity index is 881. The fraction of sp³-hybridized carbons (Fsp3) is 0.250. The maximum atomic E-state index is 12.1. The first kappa shape index (κ1) is 20.2. The number of amides is 1. The molecular weight excluding hydrogens is 390 g/mol. The number of thioether (sulfide) groups is 1. The zero-order valence-corrected chi connectivity index (χ0v) is 17.5. The minimum atomic E-state index is -0.0179. The lowest BCUT2D eigenvalue weighted by atomic mass is 10.2. The Labute approximate surface area is 173 Å². The summed E-state index contributed by atoms with van der Waals surface area (Å²) < 4.78 is 0.779. The smallest absolute Gasteiger partial charge is 0.230 e. The van der Waals surface area contributed by atoms with Crippen LogP contribution in [0.3, 0.4) is 0 Å². The van der Waals surface area contributed by atoms with Crippen molar-refractivity contribution in [2.24, 2.45) is 0 Å². The van der Waals surface area contributed by atoms with Gasteiger partial charge in [-0.05, 0) is 23.3 Å². The molecule has 3 rings (SSSR count). The molecule has 28 heavy (non-hydrogen) atoms. The lowest BCUT2D eigenvalue weighted by molar-refractivity contribution is -0.118. The molecule has 1 amide bonds. The van der Waals surface area contributed by atoms with Crippen LogP contribution < -0.4 is 15.5 Å². The fourth-order valence-electron chi connectivity index (χ4n) is 2.40. The van der Waals surface area contributed by atoms with E-state index in [2.05, 4.69) is 33.0 Å². The van der Waals surface area contributed by atoms with Crippen LogP contribution >= 0.6 is 23.1 Å². The summed E-state index contributed by atoms with van der Waals surface area (Å²) in [6, 6.07) is 18.3. The predicted octanol–water partition coefficient (Wildman–Crippen LogP) is 3.62. The van der Waals surface area contributed by atoms with Crippen LogP contribution in [0.1, 0.15) is 11.1 Å². The maximum absolute atomic E-state index is 12.1. The highest BCUT2D eigenvalue weighted by molar-refractivity contribution is 8.01. The van der Waals surface area contributed by atoms with Gasteiger partial charge < -0.3 is 15.5 Å². The molecule has 1 aromatic heterocycles. The molecule has 0 bridgehead atoms. The molecule has 0 radical (unpaired) electrons. The monoisotopic (exact) mass is 413 g/mol. The summed E-state index contributed by atoms with van der Waals surface area (Å²) >= 11 is 2.86. The molecule has 0 saturated heterocycles. The molecule has 3 aromatic rings. The minimum Gasteiger partial charge on any atom is -0.378 e. The normalized spacial score (nSPS) is 10.5. The van der Waals surface area contributed by atoms with E-state index in [-0.39, 0.29) is 5.91 Å². The number of rotatable bonds is 9. The first-order valence-corrected chi connectivity index (χ1v) is 10.7. The molecule has 0 unspecified atom stereocenters. The summed E-state index contributed by atoms with van der Waals surface area (Å²) in [7, 11) is 4.01. The lowest BCUT2D eigenvalue weighted by Gasteiger charge is -2.12. The molecule has 6 nitrogen and oxygen atoms in total. The van der Waals surface area contributed by atoms with Crippen LogP contribution in [-0.2, 0) is 17.9 Å². The lowest BCUT2D eigenvalue weighted by Crippen LogP contribution is -2.24. The van der Waals surface area contributed by atoms with Crippen LogP contribution in [0.25, 0.3) is 0 Å². The van der Waals surface area contributed by atoms with Crippen molar-refractivity contribution in [1.29, 1.82) is 0 Å². The number of carbonyl (C=O) groups excluding carboxylic acids is 1. The summed E-state index contributed by atoms with van der Waals surface area (Å²) in [5.41, 5.74) is 3.40. The molecule has 0 fully saturated rings. The molecule has 2 aromatic carbocycles.